The molecule has 0 aliphatic carbocycles. The number of aliphatic carboxylic acids is 3. The van der Waals surface area contributed by atoms with Gasteiger partial charge in [-0.15, -0.1) is 0 Å². The molecule has 0 radical (unpaired) electrons. The van der Waals surface area contributed by atoms with Gasteiger partial charge in [0.2, 0.25) is 35.4 Å². The fraction of sp³-hybridized carbons (Fsp3) is 0.679. The summed E-state index contributed by atoms with van der Waals surface area (Å²) < 4.78 is 0. The van der Waals surface area contributed by atoms with Gasteiger partial charge in [-0.25, -0.2) is 0 Å². The molecule has 6 amide bonds. The van der Waals surface area contributed by atoms with Crippen LogP contribution in [0, 0.1) is 0 Å². The van der Waals surface area contributed by atoms with Crippen LogP contribution in [-0.4, -0.2) is 130 Å². The third-order valence-electron chi connectivity index (χ3n) is 7.28. The van der Waals surface area contributed by atoms with Gasteiger partial charge in [-0.05, 0) is 58.0 Å². The van der Waals surface area contributed by atoms with Crippen LogP contribution >= 0.6 is 0 Å². The Morgan fingerprint density at radius 3 is 1.10 bits per heavy atom. The van der Waals surface area contributed by atoms with Crippen LogP contribution in [0.1, 0.15) is 64.2 Å². The van der Waals surface area contributed by atoms with E-state index in [9.17, 15) is 63.6 Å². The summed E-state index contributed by atoms with van der Waals surface area (Å²) in [5.41, 5.74) is 11.0. The van der Waals surface area contributed by atoms with E-state index in [1.807, 2.05) is 0 Å². The molecule has 49 heavy (non-hydrogen) atoms. The van der Waals surface area contributed by atoms with Crippen molar-refractivity contribution >= 4 is 53.4 Å². The number of carbonyl (C=O) groups is 9. The lowest BCUT2D eigenvalue weighted by Crippen LogP contribution is -2.62. The smallest absolute Gasteiger partial charge is 0.305 e. The van der Waals surface area contributed by atoms with E-state index in [4.69, 9.17) is 11.5 Å². The lowest BCUT2D eigenvalue weighted by molar-refractivity contribution is -0.144. The Balaban J connectivity index is 3.71. The van der Waals surface area contributed by atoms with Crippen molar-refractivity contribution < 1.29 is 63.6 Å². The number of aliphatic hydroxyl groups excluding tert-OH is 1. The Kier molecular flexibility index (Phi) is 18.8. The number of hydrogen-bond acceptors (Lipinski definition) is 12. The van der Waals surface area contributed by atoms with Crippen molar-refractivity contribution in [2.75, 3.05) is 19.7 Å². The van der Waals surface area contributed by atoms with E-state index in [0.29, 0.717) is 12.8 Å². The predicted octanol–water partition coefficient (Wildman–Crippen LogP) is -5.03. The molecule has 21 nitrogen and oxygen atoms in total. The molecule has 0 bridgehead atoms. The number of unbranched alkanes of at least 4 members (excludes halogenated alkanes) is 2. The Morgan fingerprint density at radius 1 is 0.469 bits per heavy atom. The molecule has 6 atom stereocenters. The fourth-order valence-corrected chi connectivity index (χ4v) is 4.66. The quantitative estimate of drug-likeness (QED) is 0.0670. The molecule has 0 aromatic heterocycles. The van der Waals surface area contributed by atoms with E-state index in [1.54, 1.807) is 0 Å². The maximum Gasteiger partial charge on any atom is 0.305 e. The number of nitrogens with two attached hydrogens (primary N) is 2. The highest BCUT2D eigenvalue weighted by atomic mass is 16.4. The molecular weight excluding hydrogens is 656 g/mol. The predicted molar refractivity (Wildman–Crippen MR) is 166 cm³/mol. The van der Waals surface area contributed by atoms with E-state index in [1.165, 1.54) is 0 Å². The van der Waals surface area contributed by atoms with Crippen molar-refractivity contribution in [3.63, 3.8) is 0 Å². The lowest BCUT2D eigenvalue weighted by atomic mass is 10.0. The number of aliphatic hydroxyl groups is 1. The van der Waals surface area contributed by atoms with Crippen molar-refractivity contribution in [1.29, 1.82) is 0 Å². The van der Waals surface area contributed by atoms with Gasteiger partial charge in [0.15, 0.2) is 0 Å². The Morgan fingerprint density at radius 2 is 0.776 bits per heavy atom. The summed E-state index contributed by atoms with van der Waals surface area (Å²) in [7, 11) is 0. The molecule has 0 aromatic rings. The van der Waals surface area contributed by atoms with Gasteiger partial charge in [0, 0.05) is 6.42 Å². The van der Waals surface area contributed by atoms with Gasteiger partial charge < -0.3 is 63.8 Å². The van der Waals surface area contributed by atoms with Crippen molar-refractivity contribution in [3.8, 4) is 0 Å². The summed E-state index contributed by atoms with van der Waals surface area (Å²) >= 11 is 0. The van der Waals surface area contributed by atoms with Gasteiger partial charge >= 0.3 is 17.9 Å². The van der Waals surface area contributed by atoms with Gasteiger partial charge in [0.05, 0.1) is 19.4 Å². The first-order valence-corrected chi connectivity index (χ1v) is 15.6. The molecule has 1 aliphatic heterocycles. The summed E-state index contributed by atoms with van der Waals surface area (Å²) in [6.45, 7) is -0.619. The van der Waals surface area contributed by atoms with Crippen molar-refractivity contribution in [2.24, 2.45) is 11.5 Å². The summed E-state index contributed by atoms with van der Waals surface area (Å²) in [5, 5.41) is 51.4. The van der Waals surface area contributed by atoms with Gasteiger partial charge in [-0.3, -0.25) is 43.2 Å². The molecule has 1 fully saturated rings. The van der Waals surface area contributed by atoms with Crippen LogP contribution in [0.3, 0.4) is 0 Å². The van der Waals surface area contributed by atoms with Gasteiger partial charge in [-0.1, -0.05) is 0 Å². The Labute approximate surface area is 280 Å². The lowest BCUT2D eigenvalue weighted by Gasteiger charge is -2.28. The van der Waals surface area contributed by atoms with Crippen LogP contribution in [0.2, 0.25) is 0 Å². The standard InChI is InChI=1S/C28H46N8O13/c29-9-3-1-5-14-23(44)34-18(12-22(42)43)27(48)35-17(11-21(40)41)26(47)32-15(6-2-4-10-30)24(45)36-19(13-37)28(49)33-16(25(46)31-14)7-8-20(38)39/h14-19,37H,1-13,29-30H2,(H,31,46)(H,32,47)(H,33,49)(H,34,44)(H,35,48)(H,36,45)(H,38,39)(H,40,41)(H,42,43)/t14-,15-,16-,17-,18-,19-/m0/s1. The first-order valence-electron chi connectivity index (χ1n) is 15.6. The summed E-state index contributed by atoms with van der Waals surface area (Å²) in [6, 6.07) is -10.1. The van der Waals surface area contributed by atoms with E-state index >= 15 is 0 Å². The molecule has 1 heterocycles. The first kappa shape index (κ1) is 42.1. The molecule has 1 saturated heterocycles. The third-order valence-corrected chi connectivity index (χ3v) is 7.28. The highest BCUT2D eigenvalue weighted by Crippen LogP contribution is 2.09. The summed E-state index contributed by atoms with van der Waals surface area (Å²) in [5.74, 6) is -11.2. The molecule has 0 aromatic carbocycles. The largest absolute Gasteiger partial charge is 0.481 e. The third kappa shape index (κ3) is 15.7. The molecule has 14 N–H and O–H groups in total. The zero-order valence-electron chi connectivity index (χ0n) is 26.8. The SMILES string of the molecule is NCCCC[C@@H]1NC(=O)[C@H](CCC(=O)O)NC(=O)[C@H](CO)NC(=O)[C@H](CCCCN)NC(=O)[C@H](CC(=O)O)NC(=O)[C@H](CC(=O)O)NC1=O. The second-order valence-electron chi connectivity index (χ2n) is 11.2. The molecule has 276 valence electrons. The summed E-state index contributed by atoms with van der Waals surface area (Å²) in [6.07, 6.45) is -2.17. The molecule has 1 rings (SSSR count). The monoisotopic (exact) mass is 702 g/mol. The van der Waals surface area contributed by atoms with Crippen LogP contribution in [0.25, 0.3) is 0 Å². The number of rotatable bonds is 16. The van der Waals surface area contributed by atoms with Crippen LogP contribution in [0.5, 0.6) is 0 Å². The minimum atomic E-state index is -1.89. The highest BCUT2D eigenvalue weighted by Gasteiger charge is 2.36. The van der Waals surface area contributed by atoms with Crippen LogP contribution in [0.4, 0.5) is 0 Å². The zero-order chi connectivity index (χ0) is 37.1. The molecule has 1 aliphatic rings. The average Bonchev–Trinajstić information content (AvgIpc) is 3.02. The van der Waals surface area contributed by atoms with Gasteiger partial charge in [0.25, 0.3) is 0 Å². The molecule has 0 spiro atoms. The number of amides is 6. The number of hydrogen-bond donors (Lipinski definition) is 12. The van der Waals surface area contributed by atoms with E-state index in [2.05, 4.69) is 31.9 Å². The van der Waals surface area contributed by atoms with Crippen LogP contribution in [-0.2, 0) is 43.2 Å². The fourth-order valence-electron chi connectivity index (χ4n) is 4.66. The second kappa shape index (κ2) is 21.9. The molecular formula is C28H46N8O13. The van der Waals surface area contributed by atoms with Crippen LogP contribution < -0.4 is 43.4 Å². The maximum atomic E-state index is 13.4. The van der Waals surface area contributed by atoms with Crippen molar-refractivity contribution in [1.82, 2.24) is 31.9 Å². The number of carbonyl (C=O) groups excluding carboxylic acids is 6. The first-order chi connectivity index (χ1) is 23.1. The molecule has 0 unspecified atom stereocenters. The van der Waals surface area contributed by atoms with E-state index < -0.39 is 122 Å². The van der Waals surface area contributed by atoms with Crippen molar-refractivity contribution in [2.45, 2.75) is 100 Å². The highest BCUT2D eigenvalue weighted by molar-refractivity contribution is 5.99. The topological polar surface area (TPSA) is 359 Å². The Hall–Kier alpha value is -4.89. The number of carboxylic acid groups (broad SMARTS) is 3. The number of carboxylic acids is 3. The maximum absolute atomic E-state index is 13.4. The van der Waals surface area contributed by atoms with E-state index in [0.717, 1.165) is 0 Å². The van der Waals surface area contributed by atoms with Crippen LogP contribution in [0.15, 0.2) is 0 Å². The van der Waals surface area contributed by atoms with Gasteiger partial charge in [0.1, 0.15) is 36.3 Å². The Bertz CT molecular complexity index is 1220. The molecule has 0 saturated carbocycles. The zero-order valence-corrected chi connectivity index (χ0v) is 26.8. The minimum Gasteiger partial charge on any atom is -0.481 e. The van der Waals surface area contributed by atoms with E-state index in [-0.39, 0.29) is 38.8 Å². The second-order valence-corrected chi connectivity index (χ2v) is 11.2. The normalized spacial score (nSPS) is 24.6. The number of nitrogens with one attached hydrogen (secondary N) is 6. The molecule has 21 heteroatoms. The minimum absolute atomic E-state index is 0.102. The average molecular weight is 703 g/mol. The van der Waals surface area contributed by atoms with Crippen molar-refractivity contribution in [3.05, 3.63) is 0 Å². The van der Waals surface area contributed by atoms with Gasteiger partial charge in [-0.2, -0.15) is 0 Å². The summed E-state index contributed by atoms with van der Waals surface area (Å²) in [4.78, 5) is 114.